The van der Waals surface area contributed by atoms with Crippen molar-refractivity contribution in [2.24, 2.45) is 0 Å². The van der Waals surface area contributed by atoms with Gasteiger partial charge in [-0.25, -0.2) is 4.98 Å². The molecule has 2 aromatic carbocycles. The number of anilines is 1. The van der Waals surface area contributed by atoms with Crippen molar-refractivity contribution in [3.8, 4) is 0 Å². The molecule has 0 aliphatic heterocycles. The molecule has 0 bridgehead atoms. The Labute approximate surface area is 182 Å². The van der Waals surface area contributed by atoms with Crippen LogP contribution in [0.1, 0.15) is 26.6 Å². The van der Waals surface area contributed by atoms with Crippen LogP contribution in [0, 0.1) is 0 Å². The van der Waals surface area contributed by atoms with Gasteiger partial charge in [0, 0.05) is 32.9 Å². The molecule has 2 heterocycles. The number of hydrogen-bond donors (Lipinski definition) is 1. The largest absolute Gasteiger partial charge is 0.451 e. The lowest BCUT2D eigenvalue weighted by atomic mass is 10.1. The van der Waals surface area contributed by atoms with Gasteiger partial charge in [0.2, 0.25) is 0 Å². The fourth-order valence-corrected chi connectivity index (χ4v) is 4.00. The summed E-state index contributed by atoms with van der Waals surface area (Å²) in [6, 6.07) is 9.72. The summed E-state index contributed by atoms with van der Waals surface area (Å²) in [5.41, 5.74) is 0.0654. The number of alkyl halides is 3. The van der Waals surface area contributed by atoms with Gasteiger partial charge in [0.05, 0.1) is 5.56 Å². The predicted octanol–water partition coefficient (Wildman–Crippen LogP) is 7.06. The molecular formula is C20H11Cl2F3N2O2S. The van der Waals surface area contributed by atoms with E-state index < -0.39 is 17.6 Å². The number of fused-ring (bicyclic) bond motifs is 1. The molecule has 2 aromatic heterocycles. The van der Waals surface area contributed by atoms with Crippen LogP contribution in [0.3, 0.4) is 0 Å². The number of benzene rings is 2. The molecule has 10 heteroatoms. The molecule has 4 aromatic rings. The molecule has 154 valence electrons. The number of hydrogen-bond acceptors (Lipinski definition) is 4. The van der Waals surface area contributed by atoms with Crippen LogP contribution in [-0.2, 0) is 12.6 Å². The van der Waals surface area contributed by atoms with E-state index in [4.69, 9.17) is 27.6 Å². The monoisotopic (exact) mass is 470 g/mol. The van der Waals surface area contributed by atoms with E-state index in [1.54, 1.807) is 24.3 Å². The third kappa shape index (κ3) is 4.45. The zero-order chi connectivity index (χ0) is 21.5. The first-order valence-electron chi connectivity index (χ1n) is 8.50. The van der Waals surface area contributed by atoms with Crippen LogP contribution >= 0.6 is 34.5 Å². The number of furan rings is 1. The number of carbonyl (C=O) groups excluding carboxylic acids is 1. The van der Waals surface area contributed by atoms with Crippen LogP contribution in [0.2, 0.25) is 10.0 Å². The molecule has 0 unspecified atom stereocenters. The van der Waals surface area contributed by atoms with Crippen LogP contribution in [0.4, 0.5) is 18.3 Å². The van der Waals surface area contributed by atoms with Gasteiger partial charge in [-0.3, -0.25) is 10.1 Å². The van der Waals surface area contributed by atoms with Crippen LogP contribution in [0.5, 0.6) is 0 Å². The Kier molecular flexibility index (Phi) is 5.48. The molecule has 1 amide bonds. The highest BCUT2D eigenvalue weighted by molar-refractivity contribution is 7.15. The molecule has 0 saturated heterocycles. The Morgan fingerprint density at radius 2 is 1.93 bits per heavy atom. The van der Waals surface area contributed by atoms with E-state index in [1.807, 2.05) is 0 Å². The lowest BCUT2D eigenvalue weighted by molar-refractivity contribution is -0.137. The van der Waals surface area contributed by atoms with Gasteiger partial charge in [-0.1, -0.05) is 23.2 Å². The van der Waals surface area contributed by atoms with Gasteiger partial charge < -0.3 is 4.42 Å². The first-order valence-corrected chi connectivity index (χ1v) is 10.1. The van der Waals surface area contributed by atoms with Gasteiger partial charge in [0.15, 0.2) is 10.9 Å². The maximum atomic E-state index is 12.9. The van der Waals surface area contributed by atoms with E-state index in [0.717, 1.165) is 23.5 Å². The summed E-state index contributed by atoms with van der Waals surface area (Å²) in [4.78, 5) is 17.2. The molecule has 0 aliphatic rings. The average molecular weight is 471 g/mol. The Hall–Kier alpha value is -2.55. The minimum Gasteiger partial charge on any atom is -0.451 e. The van der Waals surface area contributed by atoms with Gasteiger partial charge in [-0.15, -0.1) is 11.3 Å². The van der Waals surface area contributed by atoms with Gasteiger partial charge in [-0.2, -0.15) is 13.2 Å². The molecule has 0 radical (unpaired) electrons. The Balaban J connectivity index is 1.49. The number of rotatable bonds is 4. The van der Waals surface area contributed by atoms with Crippen molar-refractivity contribution in [1.29, 1.82) is 0 Å². The molecular weight excluding hydrogens is 460 g/mol. The van der Waals surface area contributed by atoms with Crippen molar-refractivity contribution in [2.45, 2.75) is 12.6 Å². The number of amides is 1. The van der Waals surface area contributed by atoms with E-state index in [-0.39, 0.29) is 22.3 Å². The summed E-state index contributed by atoms with van der Waals surface area (Å²) >= 11 is 13.1. The second-order valence-corrected chi connectivity index (χ2v) is 8.32. The SMILES string of the molecule is O=C(Nc1ncc(Cc2cc(C(F)(F)F)ccc2Cl)s1)c1cc2cc(Cl)ccc2o1. The van der Waals surface area contributed by atoms with Crippen LogP contribution in [0.15, 0.2) is 53.1 Å². The summed E-state index contributed by atoms with van der Waals surface area (Å²) in [5, 5.41) is 4.34. The zero-order valence-electron chi connectivity index (χ0n) is 14.9. The quantitative estimate of drug-likeness (QED) is 0.347. The molecule has 0 saturated carbocycles. The van der Waals surface area contributed by atoms with E-state index in [2.05, 4.69) is 10.3 Å². The second kappa shape index (κ2) is 7.94. The van der Waals surface area contributed by atoms with Crippen molar-refractivity contribution in [3.63, 3.8) is 0 Å². The lowest BCUT2D eigenvalue weighted by Crippen LogP contribution is -2.10. The molecule has 4 nitrogen and oxygen atoms in total. The molecule has 0 spiro atoms. The van der Waals surface area contributed by atoms with Crippen LogP contribution < -0.4 is 5.32 Å². The normalized spacial score (nSPS) is 11.8. The third-order valence-corrected chi connectivity index (χ3v) is 5.73. The molecule has 1 N–H and O–H groups in total. The number of halogens is 5. The number of carbonyl (C=O) groups is 1. The molecule has 0 atom stereocenters. The van der Waals surface area contributed by atoms with Gasteiger partial charge in [0.25, 0.3) is 5.91 Å². The van der Waals surface area contributed by atoms with Gasteiger partial charge >= 0.3 is 6.18 Å². The van der Waals surface area contributed by atoms with Crippen molar-refractivity contribution >= 4 is 56.5 Å². The maximum absolute atomic E-state index is 12.9. The fourth-order valence-electron chi connectivity index (χ4n) is 2.81. The number of thiazole rings is 1. The van der Waals surface area contributed by atoms with Gasteiger partial charge in [-0.05, 0) is 48.0 Å². The predicted molar refractivity (Wildman–Crippen MR) is 111 cm³/mol. The summed E-state index contributed by atoms with van der Waals surface area (Å²) in [6.07, 6.45) is -2.82. The van der Waals surface area contributed by atoms with E-state index in [9.17, 15) is 18.0 Å². The fraction of sp³-hybridized carbons (Fsp3) is 0.100. The molecule has 4 rings (SSSR count). The summed E-state index contributed by atoms with van der Waals surface area (Å²) in [7, 11) is 0. The minimum absolute atomic E-state index is 0.0879. The minimum atomic E-state index is -4.46. The average Bonchev–Trinajstić information content (AvgIpc) is 3.29. The van der Waals surface area contributed by atoms with Crippen molar-refractivity contribution in [2.75, 3.05) is 5.32 Å². The highest BCUT2D eigenvalue weighted by atomic mass is 35.5. The molecule has 0 aliphatic carbocycles. The van der Waals surface area contributed by atoms with E-state index in [1.165, 1.54) is 12.3 Å². The second-order valence-electron chi connectivity index (χ2n) is 6.36. The van der Waals surface area contributed by atoms with Gasteiger partial charge in [0.1, 0.15) is 5.58 Å². The van der Waals surface area contributed by atoms with Crippen LogP contribution in [0.25, 0.3) is 11.0 Å². The number of aromatic nitrogens is 1. The number of nitrogens with one attached hydrogen (secondary N) is 1. The molecule has 0 fully saturated rings. The Bertz CT molecular complexity index is 1250. The standard InChI is InChI=1S/C20H11Cl2F3N2O2S/c21-13-2-4-16-11(6-13)8-17(29-16)18(28)27-19-26-9-14(30-19)7-10-5-12(20(23,24)25)1-3-15(10)22/h1-6,8-9H,7H2,(H,26,27,28). The lowest BCUT2D eigenvalue weighted by Gasteiger charge is -2.09. The van der Waals surface area contributed by atoms with Crippen molar-refractivity contribution in [1.82, 2.24) is 4.98 Å². The number of nitrogens with zero attached hydrogens (tertiary/aromatic N) is 1. The third-order valence-electron chi connectivity index (χ3n) is 4.21. The first kappa shape index (κ1) is 20.7. The summed E-state index contributed by atoms with van der Waals surface area (Å²) < 4.78 is 44.3. The first-order chi connectivity index (χ1) is 14.2. The molecule has 30 heavy (non-hydrogen) atoms. The van der Waals surface area contributed by atoms with Crippen molar-refractivity contribution in [3.05, 3.63) is 80.5 Å². The summed E-state index contributed by atoms with van der Waals surface area (Å²) in [5.74, 6) is -0.412. The van der Waals surface area contributed by atoms with Crippen LogP contribution in [-0.4, -0.2) is 10.9 Å². The topological polar surface area (TPSA) is 55.1 Å². The maximum Gasteiger partial charge on any atom is 0.416 e. The van der Waals surface area contributed by atoms with E-state index in [0.29, 0.717) is 26.4 Å². The van der Waals surface area contributed by atoms with Crippen molar-refractivity contribution < 1.29 is 22.4 Å². The Morgan fingerprint density at radius 1 is 1.13 bits per heavy atom. The Morgan fingerprint density at radius 3 is 2.70 bits per heavy atom. The summed E-state index contributed by atoms with van der Waals surface area (Å²) in [6.45, 7) is 0. The smallest absolute Gasteiger partial charge is 0.416 e. The van der Waals surface area contributed by atoms with E-state index >= 15 is 0 Å². The zero-order valence-corrected chi connectivity index (χ0v) is 17.2. The highest BCUT2D eigenvalue weighted by Crippen LogP contribution is 2.33. The highest BCUT2D eigenvalue weighted by Gasteiger charge is 2.31.